The van der Waals surface area contributed by atoms with E-state index in [-0.39, 0.29) is 34.9 Å². The Morgan fingerprint density at radius 1 is 1.07 bits per heavy atom. The lowest BCUT2D eigenvalue weighted by Crippen LogP contribution is -2.64. The molecule has 2 atom stereocenters. The molecule has 2 fully saturated rings. The van der Waals surface area contributed by atoms with E-state index in [9.17, 15) is 23.2 Å². The van der Waals surface area contributed by atoms with Crippen molar-refractivity contribution in [2.24, 2.45) is 0 Å². The number of anilines is 2. The summed E-state index contributed by atoms with van der Waals surface area (Å²) < 4.78 is 28.7. The van der Waals surface area contributed by atoms with Gasteiger partial charge in [-0.25, -0.2) is 13.8 Å². The van der Waals surface area contributed by atoms with Crippen molar-refractivity contribution in [1.29, 1.82) is 0 Å². The molecule has 3 N–H and O–H groups in total. The van der Waals surface area contributed by atoms with Crippen molar-refractivity contribution < 1.29 is 23.2 Å². The highest BCUT2D eigenvalue weighted by molar-refractivity contribution is 9.10. The van der Waals surface area contributed by atoms with E-state index < -0.39 is 34.5 Å². The Kier molecular flexibility index (Phi) is 6.43. The summed E-state index contributed by atoms with van der Waals surface area (Å²) in [6.45, 7) is 0.00750. The third-order valence-electron chi connectivity index (χ3n) is 9.31. The van der Waals surface area contributed by atoms with Crippen LogP contribution < -0.4 is 16.0 Å². The van der Waals surface area contributed by atoms with Crippen molar-refractivity contribution in [2.75, 3.05) is 23.7 Å². The Labute approximate surface area is 249 Å². The van der Waals surface area contributed by atoms with Gasteiger partial charge >= 0.3 is 0 Å². The summed E-state index contributed by atoms with van der Waals surface area (Å²) in [4.78, 5) is 46.0. The molecule has 3 heterocycles. The van der Waals surface area contributed by atoms with E-state index in [4.69, 9.17) is 0 Å². The van der Waals surface area contributed by atoms with Crippen molar-refractivity contribution in [3.8, 4) is 0 Å². The van der Waals surface area contributed by atoms with Crippen LogP contribution >= 0.6 is 15.9 Å². The number of fused-ring (bicyclic) bond motifs is 3. The van der Waals surface area contributed by atoms with E-state index in [0.29, 0.717) is 37.2 Å². The molecular formula is C31H28BrF2N5O3. The van der Waals surface area contributed by atoms with Gasteiger partial charge in [0.1, 0.15) is 24.0 Å². The minimum absolute atomic E-state index is 0.0806. The van der Waals surface area contributed by atoms with Crippen molar-refractivity contribution in [3.05, 3.63) is 87.0 Å². The van der Waals surface area contributed by atoms with Crippen molar-refractivity contribution in [1.82, 2.24) is 15.2 Å². The number of piperazine rings is 1. The monoisotopic (exact) mass is 635 g/mol. The van der Waals surface area contributed by atoms with Crippen LogP contribution in [-0.4, -0.2) is 46.2 Å². The third kappa shape index (κ3) is 4.24. The quantitative estimate of drug-likeness (QED) is 0.366. The van der Waals surface area contributed by atoms with E-state index in [2.05, 4.69) is 36.9 Å². The van der Waals surface area contributed by atoms with E-state index in [0.717, 1.165) is 29.5 Å². The molecule has 2 spiro atoms. The largest absolute Gasteiger partial charge is 0.325 e. The summed E-state index contributed by atoms with van der Waals surface area (Å²) in [5, 5.41) is 9.15. The average Bonchev–Trinajstić information content (AvgIpc) is 3.67. The Morgan fingerprint density at radius 2 is 1.81 bits per heavy atom. The summed E-state index contributed by atoms with van der Waals surface area (Å²) in [7, 11) is 0. The highest BCUT2D eigenvalue weighted by atomic mass is 79.9. The number of carbonyl (C=O) groups excluding carboxylic acids is 3. The first-order chi connectivity index (χ1) is 20.2. The van der Waals surface area contributed by atoms with Gasteiger partial charge in [0.05, 0.1) is 21.5 Å². The maximum atomic E-state index is 14.5. The number of nitrogens with one attached hydrogen (secondary N) is 3. The maximum Gasteiger partial charge on any atom is 0.244 e. The highest BCUT2D eigenvalue weighted by Gasteiger charge is 2.51. The predicted molar refractivity (Wildman–Crippen MR) is 155 cm³/mol. The Balaban J connectivity index is 1.13. The first-order valence-electron chi connectivity index (χ1n) is 14.1. The second kappa shape index (κ2) is 9.95. The van der Waals surface area contributed by atoms with Crippen LogP contribution in [-0.2, 0) is 32.6 Å². The molecule has 2 aliphatic heterocycles. The van der Waals surface area contributed by atoms with E-state index in [1.165, 1.54) is 17.0 Å². The minimum atomic E-state index is -0.770. The number of pyridine rings is 1. The first kappa shape index (κ1) is 27.2. The number of aromatic nitrogens is 1. The second-order valence-corrected chi connectivity index (χ2v) is 12.5. The molecule has 4 aliphatic rings. The number of amides is 3. The number of benzene rings is 2. The Hall–Kier alpha value is -3.70. The molecule has 2 aliphatic carbocycles. The fraction of sp³-hybridized carbons (Fsp3) is 0.355. The number of hydrogen-bond acceptors (Lipinski definition) is 5. The van der Waals surface area contributed by atoms with Crippen molar-refractivity contribution in [3.63, 3.8) is 0 Å². The van der Waals surface area contributed by atoms with Gasteiger partial charge in [0, 0.05) is 24.0 Å². The van der Waals surface area contributed by atoms with Crippen LogP contribution in [0.25, 0.3) is 0 Å². The molecule has 11 heteroatoms. The minimum Gasteiger partial charge on any atom is -0.325 e. The molecule has 2 aromatic carbocycles. The van der Waals surface area contributed by atoms with Crippen LogP contribution in [0.4, 0.5) is 20.3 Å². The molecule has 8 nitrogen and oxygen atoms in total. The fourth-order valence-corrected chi connectivity index (χ4v) is 7.44. The average molecular weight is 636 g/mol. The summed E-state index contributed by atoms with van der Waals surface area (Å²) in [5.41, 5.74) is 2.21. The van der Waals surface area contributed by atoms with Crippen LogP contribution in [0.2, 0.25) is 0 Å². The smallest absolute Gasteiger partial charge is 0.244 e. The zero-order chi connectivity index (χ0) is 29.2. The molecule has 1 saturated heterocycles. The van der Waals surface area contributed by atoms with Crippen LogP contribution in [0, 0.1) is 11.6 Å². The fourth-order valence-electron chi connectivity index (χ4n) is 7.21. The van der Waals surface area contributed by atoms with Crippen LogP contribution in [0.3, 0.4) is 0 Å². The van der Waals surface area contributed by atoms with Gasteiger partial charge < -0.3 is 20.9 Å². The van der Waals surface area contributed by atoms with Crippen LogP contribution in [0.15, 0.2) is 53.1 Å². The number of hydrogen-bond donors (Lipinski definition) is 3. The molecule has 3 amide bonds. The second-order valence-electron chi connectivity index (χ2n) is 11.7. The molecule has 3 aromatic rings. The molecule has 216 valence electrons. The van der Waals surface area contributed by atoms with Gasteiger partial charge in [0.15, 0.2) is 0 Å². The van der Waals surface area contributed by atoms with Gasteiger partial charge in [0.2, 0.25) is 17.7 Å². The molecule has 1 aromatic heterocycles. The molecule has 42 heavy (non-hydrogen) atoms. The van der Waals surface area contributed by atoms with E-state index in [1.54, 1.807) is 12.3 Å². The van der Waals surface area contributed by atoms with E-state index in [1.807, 2.05) is 24.3 Å². The molecule has 0 bridgehead atoms. The summed E-state index contributed by atoms with van der Waals surface area (Å²) in [5.74, 6) is -1.68. The SMILES string of the molecule is O=C(CN1C(=O)C2(CCCC2)NCC1c1cc(F)c(Br)c(F)c1)Nc1ccc2c(c1)CC1(C2)C(=O)Nc2ncccc21. The number of carbonyl (C=O) groups is 3. The molecule has 0 radical (unpaired) electrons. The summed E-state index contributed by atoms with van der Waals surface area (Å²) >= 11 is 2.91. The van der Waals surface area contributed by atoms with Gasteiger partial charge in [0.25, 0.3) is 0 Å². The van der Waals surface area contributed by atoms with Crippen LogP contribution in [0.1, 0.15) is 54.0 Å². The first-order valence-corrected chi connectivity index (χ1v) is 14.9. The van der Waals surface area contributed by atoms with Gasteiger partial charge in [-0.2, -0.15) is 0 Å². The Morgan fingerprint density at radius 3 is 2.57 bits per heavy atom. The third-order valence-corrected chi connectivity index (χ3v) is 10.1. The zero-order valence-electron chi connectivity index (χ0n) is 22.6. The van der Waals surface area contributed by atoms with E-state index >= 15 is 0 Å². The number of nitrogens with zero attached hydrogens (tertiary/aromatic N) is 2. The van der Waals surface area contributed by atoms with Gasteiger partial charge in [-0.15, -0.1) is 0 Å². The predicted octanol–water partition coefficient (Wildman–Crippen LogP) is 4.54. The lowest BCUT2D eigenvalue weighted by atomic mass is 9.79. The van der Waals surface area contributed by atoms with Crippen LogP contribution in [0.5, 0.6) is 0 Å². The molecule has 7 rings (SSSR count). The lowest BCUT2D eigenvalue weighted by Gasteiger charge is -2.45. The van der Waals surface area contributed by atoms with Gasteiger partial charge in [-0.3, -0.25) is 14.4 Å². The topological polar surface area (TPSA) is 103 Å². The summed E-state index contributed by atoms with van der Waals surface area (Å²) in [6, 6.07) is 11.0. The number of halogens is 3. The van der Waals surface area contributed by atoms with Crippen molar-refractivity contribution in [2.45, 2.75) is 55.5 Å². The molecule has 1 saturated carbocycles. The van der Waals surface area contributed by atoms with Gasteiger partial charge in [-0.1, -0.05) is 25.0 Å². The molecule has 2 unspecified atom stereocenters. The highest BCUT2D eigenvalue weighted by Crippen LogP contribution is 2.47. The number of rotatable bonds is 4. The van der Waals surface area contributed by atoms with Gasteiger partial charge in [-0.05, 0) is 88.6 Å². The standard InChI is InChI=1S/C31H28BrF2N5O3/c32-26-22(33)11-18(12-23(26)34)24-15-36-31(7-1-2-8-31)29(42)39(24)16-25(40)37-20-6-5-17-13-30(14-19(17)10-20)21-4-3-9-35-27(21)38-28(30)41/h3-6,9-12,24,36H,1-2,7-8,13-16H2,(H,37,40)(H,35,38,41). The van der Waals surface area contributed by atoms with Crippen molar-refractivity contribution >= 4 is 45.2 Å². The maximum absolute atomic E-state index is 14.5. The molecular weight excluding hydrogens is 608 g/mol. The lowest BCUT2D eigenvalue weighted by molar-refractivity contribution is -0.147. The summed E-state index contributed by atoms with van der Waals surface area (Å²) in [6.07, 6.45) is 5.76. The zero-order valence-corrected chi connectivity index (χ0v) is 24.2. The normalized spacial score (nSPS) is 23.8. The Bertz CT molecular complexity index is 1640.